The minimum Gasteiger partial charge on any atom is -0.298 e. The summed E-state index contributed by atoms with van der Waals surface area (Å²) in [6.07, 6.45) is 5.42. The molecule has 17 heavy (non-hydrogen) atoms. The van der Waals surface area contributed by atoms with Crippen LogP contribution in [0.25, 0.3) is 0 Å². The molecule has 0 saturated carbocycles. The Morgan fingerprint density at radius 2 is 1.88 bits per heavy atom. The molecule has 0 aliphatic rings. The van der Waals surface area contributed by atoms with Gasteiger partial charge in [0.05, 0.1) is 11.8 Å². The van der Waals surface area contributed by atoms with Crippen molar-refractivity contribution in [2.24, 2.45) is 9.98 Å². The van der Waals surface area contributed by atoms with Gasteiger partial charge < -0.3 is 0 Å². The summed E-state index contributed by atoms with van der Waals surface area (Å²) in [7, 11) is 4.00. The van der Waals surface area contributed by atoms with Crippen LogP contribution in [0.1, 0.15) is 47.0 Å². The van der Waals surface area contributed by atoms with Gasteiger partial charge in [-0.2, -0.15) is 0 Å². The fourth-order valence-electron chi connectivity index (χ4n) is 2.01. The van der Waals surface area contributed by atoms with Crippen LogP contribution >= 0.6 is 0 Å². The van der Waals surface area contributed by atoms with Crippen LogP contribution in [0.2, 0.25) is 0 Å². The van der Waals surface area contributed by atoms with E-state index in [0.29, 0.717) is 12.1 Å². The summed E-state index contributed by atoms with van der Waals surface area (Å²) in [4.78, 5) is 11.3. The standard InChI is InChI=1S/C14H29N3/c1-7-9-14(17(6)10-8-2)13(11-15-5)16-12(3)4/h11-12,14H,7-10H2,1-6H3. The van der Waals surface area contributed by atoms with Crippen molar-refractivity contribution in [3.8, 4) is 0 Å². The molecule has 0 heterocycles. The molecule has 0 bridgehead atoms. The fraction of sp³-hybridized carbons (Fsp3) is 0.857. The van der Waals surface area contributed by atoms with Gasteiger partial charge in [0.25, 0.3) is 0 Å². The van der Waals surface area contributed by atoms with E-state index in [2.05, 4.69) is 44.6 Å². The molecule has 3 nitrogen and oxygen atoms in total. The van der Waals surface area contributed by atoms with Gasteiger partial charge in [-0.25, -0.2) is 0 Å². The molecule has 0 aromatic heterocycles. The molecule has 0 saturated heterocycles. The van der Waals surface area contributed by atoms with E-state index < -0.39 is 0 Å². The molecule has 0 fully saturated rings. The Bertz CT molecular complexity index is 244. The van der Waals surface area contributed by atoms with Crippen LogP contribution in [0.3, 0.4) is 0 Å². The predicted molar refractivity (Wildman–Crippen MR) is 78.6 cm³/mol. The van der Waals surface area contributed by atoms with Gasteiger partial charge in [0.15, 0.2) is 0 Å². The van der Waals surface area contributed by atoms with Crippen LogP contribution in [-0.4, -0.2) is 49.5 Å². The Morgan fingerprint density at radius 1 is 1.24 bits per heavy atom. The van der Waals surface area contributed by atoms with Crippen LogP contribution in [0.4, 0.5) is 0 Å². The van der Waals surface area contributed by atoms with Crippen molar-refractivity contribution >= 4 is 11.9 Å². The maximum Gasteiger partial charge on any atom is 0.0700 e. The number of hydrogen-bond donors (Lipinski definition) is 0. The third-order valence-corrected chi connectivity index (χ3v) is 2.68. The van der Waals surface area contributed by atoms with Crippen LogP contribution < -0.4 is 0 Å². The zero-order chi connectivity index (χ0) is 13.3. The lowest BCUT2D eigenvalue weighted by atomic mass is 10.0. The lowest BCUT2D eigenvalue weighted by Crippen LogP contribution is -2.40. The highest BCUT2D eigenvalue weighted by Gasteiger charge is 2.18. The molecule has 0 radical (unpaired) electrons. The Balaban J connectivity index is 4.94. The van der Waals surface area contributed by atoms with Gasteiger partial charge in [0.1, 0.15) is 0 Å². The molecule has 0 N–H and O–H groups in total. The van der Waals surface area contributed by atoms with Gasteiger partial charge in [0, 0.05) is 19.3 Å². The van der Waals surface area contributed by atoms with Gasteiger partial charge in [0.2, 0.25) is 0 Å². The molecule has 0 aromatic rings. The summed E-state index contributed by atoms with van der Waals surface area (Å²) in [5.41, 5.74) is 1.13. The molecule has 0 amide bonds. The normalized spacial score (nSPS) is 15.2. The zero-order valence-corrected chi connectivity index (χ0v) is 12.4. The Labute approximate surface area is 107 Å². The number of rotatable bonds is 8. The van der Waals surface area contributed by atoms with Crippen LogP contribution in [-0.2, 0) is 0 Å². The van der Waals surface area contributed by atoms with Crippen molar-refractivity contribution in [1.82, 2.24) is 4.90 Å². The largest absolute Gasteiger partial charge is 0.298 e. The summed E-state index contributed by atoms with van der Waals surface area (Å²) in [5.74, 6) is 0. The summed E-state index contributed by atoms with van der Waals surface area (Å²) < 4.78 is 0. The van der Waals surface area contributed by atoms with Crippen molar-refractivity contribution in [1.29, 1.82) is 0 Å². The first-order valence-corrected chi connectivity index (χ1v) is 6.76. The fourth-order valence-corrected chi connectivity index (χ4v) is 2.01. The van der Waals surface area contributed by atoms with Gasteiger partial charge in [-0.1, -0.05) is 20.3 Å². The maximum absolute atomic E-state index is 4.71. The first-order chi connectivity index (χ1) is 8.06. The van der Waals surface area contributed by atoms with Crippen LogP contribution in [0, 0.1) is 0 Å². The predicted octanol–water partition coefficient (Wildman–Crippen LogP) is 3.05. The molecule has 0 spiro atoms. The summed E-state index contributed by atoms with van der Waals surface area (Å²) in [6.45, 7) is 9.79. The number of aliphatic imine (C=N–C) groups is 2. The smallest absolute Gasteiger partial charge is 0.0700 e. The average Bonchev–Trinajstić information content (AvgIpc) is 2.25. The number of nitrogens with zero attached hydrogens (tertiary/aromatic N) is 3. The number of hydrogen-bond acceptors (Lipinski definition) is 3. The molecular formula is C14H29N3. The minimum absolute atomic E-state index is 0.331. The Hall–Kier alpha value is -0.700. The first kappa shape index (κ1) is 16.3. The summed E-state index contributed by atoms with van der Waals surface area (Å²) in [6, 6.07) is 0.739. The summed E-state index contributed by atoms with van der Waals surface area (Å²) in [5, 5.41) is 0. The molecule has 1 atom stereocenters. The van der Waals surface area contributed by atoms with E-state index in [4.69, 9.17) is 4.99 Å². The average molecular weight is 239 g/mol. The molecule has 100 valence electrons. The van der Waals surface area contributed by atoms with Gasteiger partial charge in [-0.3, -0.25) is 14.9 Å². The molecule has 0 aliphatic heterocycles. The zero-order valence-electron chi connectivity index (χ0n) is 12.4. The maximum atomic E-state index is 4.71. The summed E-state index contributed by atoms with van der Waals surface area (Å²) >= 11 is 0. The van der Waals surface area contributed by atoms with E-state index in [1.165, 1.54) is 12.8 Å². The van der Waals surface area contributed by atoms with Gasteiger partial charge in [-0.05, 0) is 40.3 Å². The second-order valence-corrected chi connectivity index (χ2v) is 4.82. The SMILES string of the molecule is CCCC(C(C=NC)=NC(C)C)N(C)CCC. The van der Waals surface area contributed by atoms with Crippen molar-refractivity contribution in [2.75, 3.05) is 20.6 Å². The lowest BCUT2D eigenvalue weighted by molar-refractivity contribution is 0.285. The first-order valence-electron chi connectivity index (χ1n) is 6.76. The minimum atomic E-state index is 0.331. The molecule has 3 heteroatoms. The third-order valence-electron chi connectivity index (χ3n) is 2.68. The van der Waals surface area contributed by atoms with Crippen molar-refractivity contribution in [3.05, 3.63) is 0 Å². The van der Waals surface area contributed by atoms with Gasteiger partial charge in [-0.15, -0.1) is 0 Å². The van der Waals surface area contributed by atoms with Crippen molar-refractivity contribution in [2.45, 2.75) is 59.0 Å². The highest BCUT2D eigenvalue weighted by atomic mass is 15.1. The molecular weight excluding hydrogens is 210 g/mol. The van der Waals surface area contributed by atoms with E-state index in [0.717, 1.165) is 18.7 Å². The molecule has 0 aromatic carbocycles. The van der Waals surface area contributed by atoms with Crippen LogP contribution in [0.15, 0.2) is 9.98 Å². The van der Waals surface area contributed by atoms with E-state index in [1.54, 1.807) is 0 Å². The second-order valence-electron chi connectivity index (χ2n) is 4.82. The van der Waals surface area contributed by atoms with Gasteiger partial charge >= 0.3 is 0 Å². The van der Waals surface area contributed by atoms with Crippen LogP contribution in [0.5, 0.6) is 0 Å². The van der Waals surface area contributed by atoms with E-state index in [1.807, 2.05) is 13.3 Å². The Kier molecular flexibility index (Phi) is 8.96. The molecule has 0 aliphatic carbocycles. The highest BCUT2D eigenvalue weighted by molar-refractivity contribution is 6.33. The van der Waals surface area contributed by atoms with Crippen molar-refractivity contribution < 1.29 is 0 Å². The Morgan fingerprint density at radius 3 is 2.29 bits per heavy atom. The van der Waals surface area contributed by atoms with E-state index >= 15 is 0 Å². The van der Waals surface area contributed by atoms with Crippen molar-refractivity contribution in [3.63, 3.8) is 0 Å². The van der Waals surface area contributed by atoms with E-state index in [-0.39, 0.29) is 0 Å². The topological polar surface area (TPSA) is 28.0 Å². The monoisotopic (exact) mass is 239 g/mol. The lowest BCUT2D eigenvalue weighted by Gasteiger charge is -2.28. The molecule has 0 rings (SSSR count). The highest BCUT2D eigenvalue weighted by Crippen LogP contribution is 2.09. The second kappa shape index (κ2) is 9.34. The quantitative estimate of drug-likeness (QED) is 0.598. The van der Waals surface area contributed by atoms with E-state index in [9.17, 15) is 0 Å². The third kappa shape index (κ3) is 6.57. The molecule has 1 unspecified atom stereocenters.